The molecule has 0 heterocycles. The second-order valence-corrected chi connectivity index (χ2v) is 5.55. The number of benzene rings is 2. The molecule has 18 heavy (non-hydrogen) atoms. The zero-order valence-electron chi connectivity index (χ0n) is 10.9. The van der Waals surface area contributed by atoms with E-state index >= 15 is 0 Å². The average molecular weight is 261 g/mol. The van der Waals surface area contributed by atoms with Gasteiger partial charge in [-0.3, -0.25) is 0 Å². The molecule has 0 aromatic heterocycles. The van der Waals surface area contributed by atoms with E-state index in [0.29, 0.717) is 5.02 Å². The molecule has 0 atom stereocenters. The van der Waals surface area contributed by atoms with Gasteiger partial charge in [-0.1, -0.05) is 47.5 Å². The highest BCUT2D eigenvalue weighted by Gasteiger charge is 2.21. The third-order valence-corrected chi connectivity index (χ3v) is 3.20. The van der Waals surface area contributed by atoms with E-state index < -0.39 is 5.60 Å². The first kappa shape index (κ1) is 13.1. The highest BCUT2D eigenvalue weighted by Crippen LogP contribution is 2.33. The van der Waals surface area contributed by atoms with Crippen LogP contribution >= 0.6 is 11.6 Å². The van der Waals surface area contributed by atoms with Crippen LogP contribution in [0, 0.1) is 6.92 Å². The minimum atomic E-state index is -0.913. The van der Waals surface area contributed by atoms with E-state index in [0.717, 1.165) is 16.7 Å². The first-order valence-corrected chi connectivity index (χ1v) is 6.35. The molecule has 0 spiro atoms. The van der Waals surface area contributed by atoms with Gasteiger partial charge in [0.25, 0.3) is 0 Å². The molecule has 0 saturated carbocycles. The average Bonchev–Trinajstić information content (AvgIpc) is 2.27. The SMILES string of the molecule is Cc1cccc(-c2ccc(Cl)cc2C(C)(C)O)c1. The van der Waals surface area contributed by atoms with Crippen molar-refractivity contribution in [2.45, 2.75) is 26.4 Å². The van der Waals surface area contributed by atoms with Gasteiger partial charge in [0.1, 0.15) is 0 Å². The van der Waals surface area contributed by atoms with Gasteiger partial charge < -0.3 is 5.11 Å². The van der Waals surface area contributed by atoms with Gasteiger partial charge in [0.15, 0.2) is 0 Å². The molecule has 2 aromatic rings. The lowest BCUT2D eigenvalue weighted by Gasteiger charge is -2.22. The Kier molecular flexibility index (Phi) is 3.47. The number of halogens is 1. The lowest BCUT2D eigenvalue weighted by molar-refractivity contribution is 0.0792. The van der Waals surface area contributed by atoms with Gasteiger partial charge in [0.05, 0.1) is 5.60 Å². The van der Waals surface area contributed by atoms with Crippen molar-refractivity contribution in [3.05, 3.63) is 58.6 Å². The number of hydrogen-bond donors (Lipinski definition) is 1. The molecule has 2 aromatic carbocycles. The topological polar surface area (TPSA) is 20.2 Å². The van der Waals surface area contributed by atoms with E-state index in [-0.39, 0.29) is 0 Å². The predicted octanol–water partition coefficient (Wildman–Crippen LogP) is 4.54. The zero-order chi connectivity index (χ0) is 13.3. The van der Waals surface area contributed by atoms with Crippen molar-refractivity contribution in [1.29, 1.82) is 0 Å². The fourth-order valence-electron chi connectivity index (χ4n) is 2.09. The summed E-state index contributed by atoms with van der Waals surface area (Å²) in [5.74, 6) is 0. The normalized spacial score (nSPS) is 11.6. The molecule has 0 saturated heterocycles. The third-order valence-electron chi connectivity index (χ3n) is 2.97. The minimum absolute atomic E-state index is 0.642. The number of aryl methyl sites for hydroxylation is 1. The maximum Gasteiger partial charge on any atom is 0.0847 e. The Morgan fingerprint density at radius 2 is 1.78 bits per heavy atom. The molecule has 0 aliphatic carbocycles. The summed E-state index contributed by atoms with van der Waals surface area (Å²) in [6.45, 7) is 5.61. The molecule has 0 aliphatic rings. The highest BCUT2D eigenvalue weighted by molar-refractivity contribution is 6.30. The van der Waals surface area contributed by atoms with Gasteiger partial charge in [-0.25, -0.2) is 0 Å². The van der Waals surface area contributed by atoms with E-state index in [1.807, 2.05) is 30.3 Å². The second kappa shape index (κ2) is 4.75. The van der Waals surface area contributed by atoms with Crippen LogP contribution in [-0.2, 0) is 5.60 Å². The fraction of sp³-hybridized carbons (Fsp3) is 0.250. The molecule has 2 heteroatoms. The summed E-state index contributed by atoms with van der Waals surface area (Å²) in [6.07, 6.45) is 0. The van der Waals surface area contributed by atoms with Crippen LogP contribution in [0.3, 0.4) is 0 Å². The summed E-state index contributed by atoms with van der Waals surface area (Å²) >= 11 is 6.03. The number of aliphatic hydroxyl groups is 1. The molecular weight excluding hydrogens is 244 g/mol. The van der Waals surface area contributed by atoms with E-state index in [1.54, 1.807) is 13.8 Å². The summed E-state index contributed by atoms with van der Waals surface area (Å²) in [7, 11) is 0. The smallest absolute Gasteiger partial charge is 0.0847 e. The summed E-state index contributed by atoms with van der Waals surface area (Å²) < 4.78 is 0. The maximum atomic E-state index is 10.3. The van der Waals surface area contributed by atoms with E-state index in [1.165, 1.54) is 5.56 Å². The van der Waals surface area contributed by atoms with Crippen molar-refractivity contribution in [2.24, 2.45) is 0 Å². The molecule has 0 unspecified atom stereocenters. The largest absolute Gasteiger partial charge is 0.386 e. The van der Waals surface area contributed by atoms with Gasteiger partial charge in [0.2, 0.25) is 0 Å². The fourth-order valence-corrected chi connectivity index (χ4v) is 2.26. The Morgan fingerprint density at radius 1 is 1.06 bits per heavy atom. The molecule has 2 rings (SSSR count). The van der Waals surface area contributed by atoms with Crippen LogP contribution in [0.2, 0.25) is 5.02 Å². The van der Waals surface area contributed by atoms with Crippen LogP contribution < -0.4 is 0 Å². The molecule has 0 bridgehead atoms. The summed E-state index contributed by atoms with van der Waals surface area (Å²) in [4.78, 5) is 0. The molecule has 94 valence electrons. The van der Waals surface area contributed by atoms with Gasteiger partial charge >= 0.3 is 0 Å². The quantitative estimate of drug-likeness (QED) is 0.840. The molecule has 0 radical (unpaired) electrons. The van der Waals surface area contributed by atoms with Gasteiger partial charge in [-0.05, 0) is 49.6 Å². The van der Waals surface area contributed by atoms with Crippen molar-refractivity contribution in [1.82, 2.24) is 0 Å². The molecule has 0 aliphatic heterocycles. The van der Waals surface area contributed by atoms with Crippen molar-refractivity contribution in [3.8, 4) is 11.1 Å². The standard InChI is InChI=1S/C16H17ClO/c1-11-5-4-6-12(9-11)14-8-7-13(17)10-15(14)16(2,3)18/h4-10,18H,1-3H3. The Balaban J connectivity index is 2.64. The van der Waals surface area contributed by atoms with Crippen molar-refractivity contribution in [2.75, 3.05) is 0 Å². The monoisotopic (exact) mass is 260 g/mol. The Hall–Kier alpha value is -1.31. The highest BCUT2D eigenvalue weighted by atomic mass is 35.5. The molecular formula is C16H17ClO. The minimum Gasteiger partial charge on any atom is -0.386 e. The van der Waals surface area contributed by atoms with Crippen LogP contribution in [0.15, 0.2) is 42.5 Å². The van der Waals surface area contributed by atoms with Crippen LogP contribution in [0.4, 0.5) is 0 Å². The van der Waals surface area contributed by atoms with Crippen molar-refractivity contribution >= 4 is 11.6 Å². The van der Waals surface area contributed by atoms with Gasteiger partial charge in [0, 0.05) is 5.02 Å². The van der Waals surface area contributed by atoms with E-state index in [4.69, 9.17) is 11.6 Å². The number of rotatable bonds is 2. The Labute approximate surface area is 113 Å². The first-order valence-electron chi connectivity index (χ1n) is 5.97. The second-order valence-electron chi connectivity index (χ2n) is 5.12. The maximum absolute atomic E-state index is 10.3. The molecule has 1 nitrogen and oxygen atoms in total. The van der Waals surface area contributed by atoms with Crippen LogP contribution in [0.5, 0.6) is 0 Å². The lowest BCUT2D eigenvalue weighted by atomic mass is 9.89. The van der Waals surface area contributed by atoms with Crippen LogP contribution in [-0.4, -0.2) is 5.11 Å². The summed E-state index contributed by atoms with van der Waals surface area (Å²) in [5, 5.41) is 10.9. The van der Waals surface area contributed by atoms with Crippen LogP contribution in [0.1, 0.15) is 25.0 Å². The van der Waals surface area contributed by atoms with E-state index in [9.17, 15) is 5.11 Å². The lowest BCUT2D eigenvalue weighted by Crippen LogP contribution is -2.16. The van der Waals surface area contributed by atoms with Crippen LogP contribution in [0.25, 0.3) is 11.1 Å². The first-order chi connectivity index (χ1) is 8.38. The molecule has 1 N–H and O–H groups in total. The van der Waals surface area contributed by atoms with Gasteiger partial charge in [-0.2, -0.15) is 0 Å². The molecule has 0 amide bonds. The van der Waals surface area contributed by atoms with Gasteiger partial charge in [-0.15, -0.1) is 0 Å². The zero-order valence-corrected chi connectivity index (χ0v) is 11.6. The predicted molar refractivity (Wildman–Crippen MR) is 76.9 cm³/mol. The third kappa shape index (κ3) is 2.74. The Bertz CT molecular complexity index is 568. The summed E-state index contributed by atoms with van der Waals surface area (Å²) in [6, 6.07) is 13.9. The van der Waals surface area contributed by atoms with E-state index in [2.05, 4.69) is 19.1 Å². The Morgan fingerprint density at radius 3 is 2.39 bits per heavy atom. The van der Waals surface area contributed by atoms with Crippen molar-refractivity contribution in [3.63, 3.8) is 0 Å². The van der Waals surface area contributed by atoms with Crippen molar-refractivity contribution < 1.29 is 5.11 Å². The molecule has 0 fully saturated rings. The number of hydrogen-bond acceptors (Lipinski definition) is 1. The summed E-state index contributed by atoms with van der Waals surface area (Å²) in [5.41, 5.74) is 3.26.